The van der Waals surface area contributed by atoms with Gasteiger partial charge in [-0.15, -0.1) is 0 Å². The summed E-state index contributed by atoms with van der Waals surface area (Å²) in [7, 11) is 6.72. The Kier molecular flexibility index (Phi) is 8.53. The molecule has 2 fully saturated rings. The summed E-state index contributed by atoms with van der Waals surface area (Å²) >= 11 is 0. The Morgan fingerprint density at radius 2 is 1.62 bits per heavy atom. The number of hydrogen-bond donors (Lipinski definition) is 2. The van der Waals surface area contributed by atoms with E-state index in [1.165, 1.54) is 31.2 Å². The van der Waals surface area contributed by atoms with Crippen molar-refractivity contribution in [1.29, 1.82) is 0 Å². The molecule has 9 heteroatoms. The maximum atomic E-state index is 8.36. The fourth-order valence-corrected chi connectivity index (χ4v) is 4.72. The topological polar surface area (TPSA) is 111 Å². The van der Waals surface area contributed by atoms with Crippen LogP contribution in [0.15, 0.2) is 24.7 Å². The number of aromatic nitrogens is 3. The molecule has 2 N–H and O–H groups in total. The average Bonchev–Trinajstić information content (AvgIpc) is 3.36. The Morgan fingerprint density at radius 3 is 2.17 bits per heavy atom. The summed E-state index contributed by atoms with van der Waals surface area (Å²) in [4.78, 5) is 26.1. The highest BCUT2D eigenvalue weighted by Gasteiger charge is 2.43. The van der Waals surface area contributed by atoms with Crippen molar-refractivity contribution in [3.63, 3.8) is 0 Å². The molecule has 2 heterocycles. The Labute approximate surface area is 170 Å². The van der Waals surface area contributed by atoms with Gasteiger partial charge in [-0.2, -0.15) is 5.10 Å². The van der Waals surface area contributed by atoms with Crippen LogP contribution in [-0.4, -0.2) is 80.8 Å². The second-order valence-corrected chi connectivity index (χ2v) is 7.92. The number of fused-ring (bicyclic) bond motifs is 2. The zero-order chi connectivity index (χ0) is 21.4. The summed E-state index contributed by atoms with van der Waals surface area (Å²) in [5, 5.41) is 18.2. The number of rotatable bonds is 4. The standard InChI is InChI=1S/C18H27N5.2CH2O2/c1-21(2)16-7-13-9-17(10-14(13)8-16)22(3)12-15-11-20-23-6-4-5-19-18(15)23;2*2-1-3/h4-6,11,13-14,16-17H,7-10,12H2,1-3H3;2*1H,(H,2,3)/t13-,14+,16?,17?;;. The minimum Gasteiger partial charge on any atom is -0.483 e. The maximum absolute atomic E-state index is 8.36. The van der Waals surface area contributed by atoms with Crippen molar-refractivity contribution >= 4 is 18.6 Å². The molecule has 0 radical (unpaired) electrons. The zero-order valence-electron chi connectivity index (χ0n) is 17.3. The lowest BCUT2D eigenvalue weighted by Crippen LogP contribution is -2.31. The third-order valence-electron chi connectivity index (χ3n) is 6.09. The van der Waals surface area contributed by atoms with Gasteiger partial charge in [0.05, 0.1) is 6.20 Å². The summed E-state index contributed by atoms with van der Waals surface area (Å²) in [6, 6.07) is 3.44. The van der Waals surface area contributed by atoms with Crippen LogP contribution in [0.25, 0.3) is 5.65 Å². The number of carboxylic acid groups (broad SMARTS) is 2. The highest BCUT2D eigenvalue weighted by atomic mass is 16.3. The van der Waals surface area contributed by atoms with E-state index in [1.807, 2.05) is 29.2 Å². The molecular formula is C20H31N5O4. The SMILES string of the molecule is CN(C)C1C[C@@H]2CC(N(C)Cc3cnn4cccnc34)C[C@@H]2C1.O=CO.O=CO. The Balaban J connectivity index is 0.000000449. The molecular weight excluding hydrogens is 374 g/mol. The van der Waals surface area contributed by atoms with Gasteiger partial charge in [-0.25, -0.2) is 9.50 Å². The Hall–Kier alpha value is -2.52. The van der Waals surface area contributed by atoms with Crippen molar-refractivity contribution in [1.82, 2.24) is 24.4 Å². The molecule has 4 rings (SSSR count). The summed E-state index contributed by atoms with van der Waals surface area (Å²) < 4.78 is 1.87. The van der Waals surface area contributed by atoms with Crippen molar-refractivity contribution in [3.8, 4) is 0 Å². The molecule has 2 aliphatic rings. The van der Waals surface area contributed by atoms with Gasteiger partial charge in [0.1, 0.15) is 0 Å². The first-order valence-electron chi connectivity index (χ1n) is 9.74. The molecule has 9 nitrogen and oxygen atoms in total. The van der Waals surface area contributed by atoms with E-state index < -0.39 is 0 Å². The van der Waals surface area contributed by atoms with Gasteiger partial charge in [-0.3, -0.25) is 14.5 Å². The van der Waals surface area contributed by atoms with Crippen LogP contribution in [0.2, 0.25) is 0 Å². The van der Waals surface area contributed by atoms with Crippen LogP contribution >= 0.6 is 0 Å². The van der Waals surface area contributed by atoms with E-state index in [9.17, 15) is 0 Å². The van der Waals surface area contributed by atoms with Gasteiger partial charge in [-0.1, -0.05) is 0 Å². The monoisotopic (exact) mass is 405 g/mol. The second-order valence-electron chi connectivity index (χ2n) is 7.92. The number of nitrogens with zero attached hydrogens (tertiary/aromatic N) is 5. The van der Waals surface area contributed by atoms with E-state index in [0.717, 1.165) is 30.1 Å². The van der Waals surface area contributed by atoms with Crippen LogP contribution in [0.5, 0.6) is 0 Å². The largest absolute Gasteiger partial charge is 0.483 e. The van der Waals surface area contributed by atoms with Crippen LogP contribution in [-0.2, 0) is 16.1 Å². The molecule has 2 aromatic heterocycles. The quantitative estimate of drug-likeness (QED) is 0.739. The van der Waals surface area contributed by atoms with E-state index in [-0.39, 0.29) is 12.9 Å². The van der Waals surface area contributed by atoms with Gasteiger partial charge < -0.3 is 15.1 Å². The van der Waals surface area contributed by atoms with Crippen molar-refractivity contribution in [2.75, 3.05) is 21.1 Å². The summed E-state index contributed by atoms with van der Waals surface area (Å²) in [6.45, 7) is 0.446. The van der Waals surface area contributed by atoms with Crippen molar-refractivity contribution in [2.24, 2.45) is 11.8 Å². The van der Waals surface area contributed by atoms with Gasteiger partial charge in [0.25, 0.3) is 12.9 Å². The van der Waals surface area contributed by atoms with Crippen molar-refractivity contribution in [2.45, 2.75) is 44.3 Å². The summed E-state index contributed by atoms with van der Waals surface area (Å²) in [6.07, 6.45) is 11.3. The minimum atomic E-state index is -0.250. The van der Waals surface area contributed by atoms with E-state index in [4.69, 9.17) is 19.8 Å². The van der Waals surface area contributed by atoms with Gasteiger partial charge in [0.2, 0.25) is 0 Å². The average molecular weight is 405 g/mol. The molecule has 0 aromatic carbocycles. The predicted molar refractivity (Wildman–Crippen MR) is 109 cm³/mol. The Morgan fingerprint density at radius 1 is 1.07 bits per heavy atom. The van der Waals surface area contributed by atoms with E-state index in [1.54, 1.807) is 0 Å². The normalized spacial score (nSPS) is 25.1. The third-order valence-corrected chi connectivity index (χ3v) is 6.09. The van der Waals surface area contributed by atoms with Gasteiger partial charge in [0.15, 0.2) is 5.65 Å². The van der Waals surface area contributed by atoms with E-state index in [0.29, 0.717) is 6.04 Å². The van der Waals surface area contributed by atoms with Crippen LogP contribution in [0, 0.1) is 11.8 Å². The molecule has 29 heavy (non-hydrogen) atoms. The highest BCUT2D eigenvalue weighted by Crippen LogP contribution is 2.46. The summed E-state index contributed by atoms with van der Waals surface area (Å²) in [5.74, 6) is 1.86. The maximum Gasteiger partial charge on any atom is 0.290 e. The van der Waals surface area contributed by atoms with Crippen LogP contribution in [0.1, 0.15) is 31.2 Å². The van der Waals surface area contributed by atoms with E-state index >= 15 is 0 Å². The second kappa shape index (κ2) is 10.9. The van der Waals surface area contributed by atoms with Crippen LogP contribution in [0.3, 0.4) is 0 Å². The van der Waals surface area contributed by atoms with Crippen molar-refractivity contribution < 1.29 is 19.8 Å². The lowest BCUT2D eigenvalue weighted by molar-refractivity contribution is -0.123. The fourth-order valence-electron chi connectivity index (χ4n) is 4.72. The van der Waals surface area contributed by atoms with Gasteiger partial charge in [0, 0.05) is 36.6 Å². The first-order valence-corrected chi connectivity index (χ1v) is 9.74. The molecule has 0 amide bonds. The highest BCUT2D eigenvalue weighted by molar-refractivity contribution is 5.45. The molecule has 0 saturated heterocycles. The molecule has 4 atom stereocenters. The third kappa shape index (κ3) is 5.74. The molecule has 2 saturated carbocycles. The molecule has 160 valence electrons. The van der Waals surface area contributed by atoms with Crippen molar-refractivity contribution in [3.05, 3.63) is 30.2 Å². The first-order chi connectivity index (χ1) is 13.9. The smallest absolute Gasteiger partial charge is 0.290 e. The molecule has 2 unspecified atom stereocenters. The van der Waals surface area contributed by atoms with Gasteiger partial charge >= 0.3 is 0 Å². The fraction of sp³-hybridized carbons (Fsp3) is 0.600. The molecule has 0 bridgehead atoms. The van der Waals surface area contributed by atoms with Crippen LogP contribution in [0.4, 0.5) is 0 Å². The number of hydrogen-bond acceptors (Lipinski definition) is 6. The molecule has 2 aromatic rings. The number of carbonyl (C=O) groups is 2. The molecule has 0 spiro atoms. The summed E-state index contributed by atoms with van der Waals surface area (Å²) in [5.41, 5.74) is 2.22. The first kappa shape index (κ1) is 22.8. The zero-order valence-corrected chi connectivity index (χ0v) is 17.3. The minimum absolute atomic E-state index is 0.250. The van der Waals surface area contributed by atoms with Crippen LogP contribution < -0.4 is 0 Å². The molecule has 0 aliphatic heterocycles. The molecule has 2 aliphatic carbocycles. The lowest BCUT2D eigenvalue weighted by Gasteiger charge is -2.26. The van der Waals surface area contributed by atoms with Gasteiger partial charge in [-0.05, 0) is 64.7 Å². The van der Waals surface area contributed by atoms with E-state index in [2.05, 4.69) is 41.0 Å². The lowest BCUT2D eigenvalue weighted by atomic mass is 10.0. The Bertz CT molecular complexity index is 761. The predicted octanol–water partition coefficient (Wildman–Crippen LogP) is 1.68.